The zero-order valence-electron chi connectivity index (χ0n) is 22.0. The Balaban J connectivity index is 1.74. The maximum Gasteiger partial charge on any atom is 0.408 e. The van der Waals surface area contributed by atoms with Crippen molar-refractivity contribution < 1.29 is 14.3 Å². The Labute approximate surface area is 214 Å². The smallest absolute Gasteiger partial charge is 0.408 e. The van der Waals surface area contributed by atoms with E-state index in [0.717, 1.165) is 40.7 Å². The molecule has 0 fully saturated rings. The minimum absolute atomic E-state index is 0.145. The Bertz CT molecular complexity index is 1230. The molecule has 36 heavy (non-hydrogen) atoms. The van der Waals surface area contributed by atoms with Crippen LogP contribution in [0.15, 0.2) is 66.7 Å². The quantitative estimate of drug-likeness (QED) is 0.454. The number of amides is 2. The molecule has 0 aliphatic carbocycles. The van der Waals surface area contributed by atoms with Crippen molar-refractivity contribution >= 4 is 34.1 Å². The number of carbonyl (C=O) groups is 2. The Kier molecular flexibility index (Phi) is 7.53. The highest BCUT2D eigenvalue weighted by Gasteiger charge is 2.35. The van der Waals surface area contributed by atoms with Crippen LogP contribution in [-0.4, -0.2) is 36.7 Å². The number of nitrogens with one attached hydrogen (secondary N) is 1. The summed E-state index contributed by atoms with van der Waals surface area (Å²) in [6.45, 7) is 11.4. The zero-order valence-corrected chi connectivity index (χ0v) is 22.0. The molecule has 1 unspecified atom stereocenters. The van der Waals surface area contributed by atoms with E-state index in [1.165, 1.54) is 0 Å². The van der Waals surface area contributed by atoms with Gasteiger partial charge in [-0.2, -0.15) is 0 Å². The summed E-state index contributed by atoms with van der Waals surface area (Å²) in [6, 6.07) is 21.7. The molecule has 3 aromatic carbocycles. The minimum atomic E-state index is -0.741. The first-order valence-electron chi connectivity index (χ1n) is 12.7. The van der Waals surface area contributed by atoms with Crippen LogP contribution in [0.25, 0.3) is 10.8 Å². The normalized spacial score (nSPS) is 16.2. The minimum Gasteiger partial charge on any atom is -0.444 e. The molecule has 1 aliphatic heterocycles. The van der Waals surface area contributed by atoms with E-state index in [2.05, 4.69) is 54.4 Å². The van der Waals surface area contributed by atoms with Gasteiger partial charge in [-0.05, 0) is 61.6 Å². The van der Waals surface area contributed by atoms with Gasteiger partial charge >= 0.3 is 6.09 Å². The first-order valence-corrected chi connectivity index (χ1v) is 12.7. The summed E-state index contributed by atoms with van der Waals surface area (Å²) in [6.07, 6.45) is 0.395. The maximum atomic E-state index is 14.1. The average molecular weight is 488 g/mol. The van der Waals surface area contributed by atoms with Crippen molar-refractivity contribution in [2.24, 2.45) is 5.92 Å². The van der Waals surface area contributed by atoms with Gasteiger partial charge in [0.05, 0.1) is 17.9 Å². The van der Waals surface area contributed by atoms with Gasteiger partial charge in [0.25, 0.3) is 5.91 Å². The number of carbonyl (C=O) groups excluding carboxylic acids is 2. The molecule has 6 nitrogen and oxygen atoms in total. The monoisotopic (exact) mass is 487 g/mol. The largest absolute Gasteiger partial charge is 0.444 e. The molecule has 4 rings (SSSR count). The predicted molar refractivity (Wildman–Crippen MR) is 146 cm³/mol. The Morgan fingerprint density at radius 2 is 1.67 bits per heavy atom. The highest BCUT2D eigenvalue weighted by Crippen LogP contribution is 2.35. The lowest BCUT2D eigenvalue weighted by molar-refractivity contribution is -0.120. The van der Waals surface area contributed by atoms with E-state index in [9.17, 15) is 9.59 Å². The number of fused-ring (bicyclic) bond motifs is 2. The molecule has 6 heteroatoms. The molecule has 0 radical (unpaired) electrons. The van der Waals surface area contributed by atoms with E-state index in [1.807, 2.05) is 62.1 Å². The van der Waals surface area contributed by atoms with Gasteiger partial charge in [-0.25, -0.2) is 4.79 Å². The molecular weight excluding hydrogens is 450 g/mol. The summed E-state index contributed by atoms with van der Waals surface area (Å²) < 4.78 is 5.51. The molecule has 2 amide bonds. The van der Waals surface area contributed by atoms with Crippen molar-refractivity contribution in [1.82, 2.24) is 5.32 Å². The molecule has 0 bridgehead atoms. The van der Waals surface area contributed by atoms with Gasteiger partial charge < -0.3 is 19.9 Å². The van der Waals surface area contributed by atoms with Crippen LogP contribution in [0.1, 0.15) is 46.6 Å². The van der Waals surface area contributed by atoms with Gasteiger partial charge in [0.2, 0.25) is 0 Å². The average Bonchev–Trinajstić information content (AvgIpc) is 2.92. The Morgan fingerprint density at radius 3 is 2.39 bits per heavy atom. The first-order chi connectivity index (χ1) is 17.1. The fourth-order valence-electron chi connectivity index (χ4n) is 4.61. The summed E-state index contributed by atoms with van der Waals surface area (Å²) in [4.78, 5) is 30.8. The van der Waals surface area contributed by atoms with E-state index in [1.54, 1.807) is 0 Å². The van der Waals surface area contributed by atoms with Crippen LogP contribution in [0.3, 0.4) is 0 Å². The van der Waals surface area contributed by atoms with E-state index < -0.39 is 17.7 Å². The molecule has 0 spiro atoms. The van der Waals surface area contributed by atoms with Gasteiger partial charge in [-0.1, -0.05) is 68.4 Å². The summed E-state index contributed by atoms with van der Waals surface area (Å²) >= 11 is 0. The number of benzene rings is 3. The Morgan fingerprint density at radius 1 is 1.00 bits per heavy atom. The number of ether oxygens (including phenoxy) is 1. The van der Waals surface area contributed by atoms with Crippen molar-refractivity contribution in [1.29, 1.82) is 0 Å². The topological polar surface area (TPSA) is 61.9 Å². The number of hydrogen-bond acceptors (Lipinski definition) is 4. The number of nitrogens with zero attached hydrogens (tertiary/aromatic N) is 2. The second kappa shape index (κ2) is 10.6. The summed E-state index contributed by atoms with van der Waals surface area (Å²) in [5.74, 6) is 0.369. The Hall–Kier alpha value is -3.54. The first kappa shape index (κ1) is 25.5. The van der Waals surface area contributed by atoms with Crippen LogP contribution in [0.5, 0.6) is 0 Å². The second-order valence-electron chi connectivity index (χ2n) is 10.9. The third-order valence-corrected chi connectivity index (χ3v) is 6.36. The lowest BCUT2D eigenvalue weighted by Gasteiger charge is -2.28. The van der Waals surface area contributed by atoms with Gasteiger partial charge in [-0.15, -0.1) is 0 Å². The summed E-state index contributed by atoms with van der Waals surface area (Å²) in [5, 5.41) is 5.12. The molecule has 1 aliphatic rings. The summed E-state index contributed by atoms with van der Waals surface area (Å²) in [7, 11) is 0. The molecule has 0 saturated heterocycles. The zero-order chi connectivity index (χ0) is 25.9. The van der Waals surface area contributed by atoms with E-state index >= 15 is 0 Å². The van der Waals surface area contributed by atoms with Crippen LogP contribution < -0.4 is 15.1 Å². The number of para-hydroxylation sites is 2. The molecule has 3 aromatic rings. The molecule has 1 N–H and O–H groups in total. The van der Waals surface area contributed by atoms with E-state index in [-0.39, 0.29) is 5.91 Å². The fraction of sp³-hybridized carbons (Fsp3) is 0.400. The third kappa shape index (κ3) is 5.99. The molecule has 0 saturated carbocycles. The van der Waals surface area contributed by atoms with Crippen LogP contribution in [0.2, 0.25) is 0 Å². The van der Waals surface area contributed by atoms with Crippen LogP contribution in [0.4, 0.5) is 16.2 Å². The van der Waals surface area contributed by atoms with Crippen LogP contribution >= 0.6 is 0 Å². The standard InChI is InChI=1S/C30H37N3O3/c1-21(2)17-18-32-20-25(31-29(35)36-30(3,4)5)28(34)33(27-16-9-8-15-26(27)32)19-23-13-10-12-22-11-6-7-14-24(22)23/h6-16,21,25H,17-20H2,1-5H3,(H,31,35). The fourth-order valence-corrected chi connectivity index (χ4v) is 4.61. The number of rotatable bonds is 6. The van der Waals surface area contributed by atoms with Crippen molar-refractivity contribution in [3.05, 3.63) is 72.3 Å². The predicted octanol–water partition coefficient (Wildman–Crippen LogP) is 6.13. The van der Waals surface area contributed by atoms with Gasteiger partial charge in [0.1, 0.15) is 11.6 Å². The lowest BCUT2D eigenvalue weighted by atomic mass is 10.0. The third-order valence-electron chi connectivity index (χ3n) is 6.36. The van der Waals surface area contributed by atoms with Gasteiger partial charge in [0, 0.05) is 13.1 Å². The molecule has 1 atom stereocenters. The molecule has 190 valence electrons. The highest BCUT2D eigenvalue weighted by molar-refractivity contribution is 6.03. The number of anilines is 2. The lowest BCUT2D eigenvalue weighted by Crippen LogP contribution is -2.53. The number of alkyl carbamates (subject to hydrolysis) is 1. The molecule has 1 heterocycles. The van der Waals surface area contributed by atoms with Crippen molar-refractivity contribution in [2.75, 3.05) is 22.9 Å². The maximum absolute atomic E-state index is 14.1. The van der Waals surface area contributed by atoms with Crippen LogP contribution in [-0.2, 0) is 16.1 Å². The van der Waals surface area contributed by atoms with Gasteiger partial charge in [0.15, 0.2) is 0 Å². The molecular formula is C30H37N3O3. The highest BCUT2D eigenvalue weighted by atomic mass is 16.6. The van der Waals surface area contributed by atoms with Gasteiger partial charge in [-0.3, -0.25) is 4.79 Å². The van der Waals surface area contributed by atoms with Crippen molar-refractivity contribution in [2.45, 2.75) is 59.2 Å². The summed E-state index contributed by atoms with van der Waals surface area (Å²) in [5.41, 5.74) is 2.26. The van der Waals surface area contributed by atoms with Crippen molar-refractivity contribution in [3.8, 4) is 0 Å². The second-order valence-corrected chi connectivity index (χ2v) is 10.9. The van der Waals surface area contributed by atoms with Crippen molar-refractivity contribution in [3.63, 3.8) is 0 Å². The van der Waals surface area contributed by atoms with E-state index in [4.69, 9.17) is 4.74 Å². The van der Waals surface area contributed by atoms with Crippen LogP contribution in [0, 0.1) is 5.92 Å². The molecule has 0 aromatic heterocycles. The SMILES string of the molecule is CC(C)CCN1CC(NC(=O)OC(C)(C)C)C(=O)N(Cc2cccc3ccccc23)c2ccccc21. The number of hydrogen-bond donors (Lipinski definition) is 1. The van der Waals surface area contributed by atoms with E-state index in [0.29, 0.717) is 19.0 Å².